The zero-order valence-electron chi connectivity index (χ0n) is 7.44. The van der Waals surface area contributed by atoms with E-state index >= 15 is 0 Å². The maximum atomic E-state index is 5.12. The molecule has 2 fully saturated rings. The summed E-state index contributed by atoms with van der Waals surface area (Å²) in [5.74, 6) is 0. The topological polar surface area (TPSA) is 52.8 Å². The molecule has 0 saturated carbocycles. The number of hydrogen-bond donors (Lipinski definition) is 0. The maximum absolute atomic E-state index is 5.12. The van der Waals surface area contributed by atoms with E-state index in [0.717, 1.165) is 13.2 Å². The Morgan fingerprint density at radius 2 is 1.31 bits per heavy atom. The molecule has 0 amide bonds. The van der Waals surface area contributed by atoms with Gasteiger partial charge in [0.05, 0.1) is 26.4 Å². The van der Waals surface area contributed by atoms with E-state index in [1.165, 1.54) is 0 Å². The highest BCUT2D eigenvalue weighted by Gasteiger charge is 2.23. The lowest BCUT2D eigenvalue weighted by Gasteiger charge is -2.04. The van der Waals surface area contributed by atoms with Crippen molar-refractivity contribution in [1.29, 1.82) is 0 Å². The predicted octanol–water partition coefficient (Wildman–Crippen LogP) is -0.251. The molecule has 2 unspecified atom stereocenters. The molecule has 0 aliphatic carbocycles. The monoisotopic (exact) mass is 190 g/mol. The van der Waals surface area contributed by atoms with Crippen molar-refractivity contribution < 1.29 is 23.7 Å². The SMILES string of the molecule is C(OCOCC1CO1)OCC1CO1. The number of hydrogen-bond acceptors (Lipinski definition) is 5. The van der Waals surface area contributed by atoms with Gasteiger partial charge >= 0.3 is 0 Å². The van der Waals surface area contributed by atoms with Gasteiger partial charge in [-0.25, -0.2) is 0 Å². The van der Waals surface area contributed by atoms with Crippen LogP contribution in [0.5, 0.6) is 0 Å². The summed E-state index contributed by atoms with van der Waals surface area (Å²) in [6.07, 6.45) is 0.591. The van der Waals surface area contributed by atoms with Crippen LogP contribution in [0.2, 0.25) is 0 Å². The first-order chi connectivity index (χ1) is 6.45. The molecular weight excluding hydrogens is 176 g/mol. The highest BCUT2D eigenvalue weighted by Crippen LogP contribution is 2.09. The third kappa shape index (κ3) is 4.54. The van der Waals surface area contributed by atoms with Crippen LogP contribution in [0.3, 0.4) is 0 Å². The molecule has 0 radical (unpaired) electrons. The van der Waals surface area contributed by atoms with E-state index < -0.39 is 0 Å². The molecule has 0 aromatic carbocycles. The Morgan fingerprint density at radius 3 is 1.69 bits per heavy atom. The van der Waals surface area contributed by atoms with Crippen LogP contribution in [0.4, 0.5) is 0 Å². The fraction of sp³-hybridized carbons (Fsp3) is 1.00. The molecule has 5 heteroatoms. The van der Waals surface area contributed by atoms with Crippen LogP contribution in [0.1, 0.15) is 0 Å². The van der Waals surface area contributed by atoms with Gasteiger partial charge in [-0.15, -0.1) is 0 Å². The van der Waals surface area contributed by atoms with Crippen LogP contribution in [0, 0.1) is 0 Å². The van der Waals surface area contributed by atoms with Gasteiger partial charge < -0.3 is 23.7 Å². The molecule has 13 heavy (non-hydrogen) atoms. The van der Waals surface area contributed by atoms with Crippen molar-refractivity contribution in [3.8, 4) is 0 Å². The average Bonchev–Trinajstić information content (AvgIpc) is 2.99. The van der Waals surface area contributed by atoms with Gasteiger partial charge in [-0.05, 0) is 0 Å². The Labute approximate surface area is 76.8 Å². The largest absolute Gasteiger partial charge is 0.371 e. The Hall–Kier alpha value is -0.200. The van der Waals surface area contributed by atoms with E-state index in [4.69, 9.17) is 23.7 Å². The minimum absolute atomic E-state index is 0.269. The van der Waals surface area contributed by atoms with Crippen molar-refractivity contribution >= 4 is 0 Å². The van der Waals surface area contributed by atoms with E-state index in [9.17, 15) is 0 Å². The van der Waals surface area contributed by atoms with Gasteiger partial charge in [0.25, 0.3) is 0 Å². The van der Waals surface area contributed by atoms with E-state index in [2.05, 4.69) is 0 Å². The summed E-state index contributed by atoms with van der Waals surface area (Å²) < 4.78 is 25.2. The molecule has 0 aromatic heterocycles. The molecule has 2 saturated heterocycles. The van der Waals surface area contributed by atoms with Gasteiger partial charge in [0.1, 0.15) is 25.8 Å². The quantitative estimate of drug-likeness (QED) is 0.300. The molecular formula is C8H14O5. The second kappa shape index (κ2) is 4.88. The molecule has 0 aromatic rings. The average molecular weight is 190 g/mol. The van der Waals surface area contributed by atoms with Crippen molar-refractivity contribution in [2.24, 2.45) is 0 Å². The van der Waals surface area contributed by atoms with Crippen molar-refractivity contribution in [2.45, 2.75) is 12.2 Å². The van der Waals surface area contributed by atoms with Crippen molar-refractivity contribution in [2.75, 3.05) is 40.0 Å². The predicted molar refractivity (Wildman–Crippen MR) is 42.2 cm³/mol. The first kappa shape index (κ1) is 9.36. The summed E-state index contributed by atoms with van der Waals surface area (Å²) in [7, 11) is 0. The lowest BCUT2D eigenvalue weighted by molar-refractivity contribution is -0.133. The summed E-state index contributed by atoms with van der Waals surface area (Å²) in [5.41, 5.74) is 0. The highest BCUT2D eigenvalue weighted by atomic mass is 16.7. The van der Waals surface area contributed by atoms with Crippen LogP contribution in [-0.2, 0) is 23.7 Å². The van der Waals surface area contributed by atoms with Crippen LogP contribution in [0.15, 0.2) is 0 Å². The standard InChI is InChI=1S/C8H14O5/c1(7-3-12-7)9-5-11-6-10-2-8-4-13-8/h7-8H,1-6H2. The third-order valence-corrected chi connectivity index (χ3v) is 1.75. The number of epoxide rings is 2. The molecule has 5 nitrogen and oxygen atoms in total. The minimum Gasteiger partial charge on any atom is -0.371 e. The first-order valence-corrected chi connectivity index (χ1v) is 4.41. The third-order valence-electron chi connectivity index (χ3n) is 1.75. The second-order valence-electron chi connectivity index (χ2n) is 3.09. The molecule has 2 heterocycles. The lowest BCUT2D eigenvalue weighted by Crippen LogP contribution is -2.10. The van der Waals surface area contributed by atoms with E-state index in [1.54, 1.807) is 0 Å². The highest BCUT2D eigenvalue weighted by molar-refractivity contribution is 4.67. The van der Waals surface area contributed by atoms with Crippen molar-refractivity contribution in [3.63, 3.8) is 0 Å². The van der Waals surface area contributed by atoms with Gasteiger partial charge in [0, 0.05) is 0 Å². The molecule has 2 aliphatic rings. The Kier molecular flexibility index (Phi) is 3.51. The van der Waals surface area contributed by atoms with Gasteiger partial charge in [0.2, 0.25) is 0 Å². The molecule has 76 valence electrons. The zero-order valence-corrected chi connectivity index (χ0v) is 7.44. The van der Waals surface area contributed by atoms with E-state index in [-0.39, 0.29) is 13.6 Å². The van der Waals surface area contributed by atoms with Gasteiger partial charge in [-0.3, -0.25) is 0 Å². The van der Waals surface area contributed by atoms with Gasteiger partial charge in [-0.2, -0.15) is 0 Å². The summed E-state index contributed by atoms with van der Waals surface area (Å²) in [6, 6.07) is 0. The molecule has 2 aliphatic heterocycles. The van der Waals surface area contributed by atoms with Crippen LogP contribution < -0.4 is 0 Å². The summed E-state index contributed by atoms with van der Waals surface area (Å²) in [6.45, 7) is 3.40. The molecule has 2 atom stereocenters. The fourth-order valence-electron chi connectivity index (χ4n) is 0.840. The van der Waals surface area contributed by atoms with Crippen molar-refractivity contribution in [1.82, 2.24) is 0 Å². The maximum Gasteiger partial charge on any atom is 0.149 e. The Bertz CT molecular complexity index is 127. The van der Waals surface area contributed by atoms with Crippen LogP contribution in [-0.4, -0.2) is 52.2 Å². The van der Waals surface area contributed by atoms with E-state index in [0.29, 0.717) is 25.4 Å². The lowest BCUT2D eigenvalue weighted by atomic mass is 10.5. The molecule has 0 bridgehead atoms. The van der Waals surface area contributed by atoms with Gasteiger partial charge in [-0.1, -0.05) is 0 Å². The second-order valence-corrected chi connectivity index (χ2v) is 3.09. The molecule has 2 rings (SSSR count). The first-order valence-electron chi connectivity index (χ1n) is 4.41. The summed E-state index contributed by atoms with van der Waals surface area (Å²) in [5, 5.41) is 0. The normalized spacial score (nSPS) is 30.5. The van der Waals surface area contributed by atoms with Gasteiger partial charge in [0.15, 0.2) is 0 Å². The van der Waals surface area contributed by atoms with Crippen LogP contribution in [0.25, 0.3) is 0 Å². The smallest absolute Gasteiger partial charge is 0.149 e. The zero-order chi connectivity index (χ0) is 8.93. The summed E-state index contributed by atoms with van der Waals surface area (Å²) >= 11 is 0. The van der Waals surface area contributed by atoms with E-state index in [1.807, 2.05) is 0 Å². The molecule has 0 N–H and O–H groups in total. The number of rotatable bonds is 8. The van der Waals surface area contributed by atoms with Crippen LogP contribution >= 0.6 is 0 Å². The molecule has 0 spiro atoms. The minimum atomic E-state index is 0.269. The number of ether oxygens (including phenoxy) is 5. The summed E-state index contributed by atoms with van der Waals surface area (Å²) in [4.78, 5) is 0. The Morgan fingerprint density at radius 1 is 0.846 bits per heavy atom. The fourth-order valence-corrected chi connectivity index (χ4v) is 0.840. The van der Waals surface area contributed by atoms with Crippen molar-refractivity contribution in [3.05, 3.63) is 0 Å². The Balaban J connectivity index is 1.28.